The molecule has 14 heavy (non-hydrogen) atoms. The molecule has 4 nitrogen and oxygen atoms in total. The van der Waals surface area contributed by atoms with E-state index in [1.165, 1.54) is 0 Å². The molecule has 7 heteroatoms. The van der Waals surface area contributed by atoms with E-state index >= 15 is 0 Å². The van der Waals surface area contributed by atoms with Crippen LogP contribution in [-0.2, 0) is 0 Å². The average molecular weight is 223 g/mol. The molecule has 1 aromatic rings. The number of alkyl halides is 2. The first kappa shape index (κ1) is 10.6. The Labute approximate surface area is 82.3 Å². The fourth-order valence-electron chi connectivity index (χ4n) is 0.908. The number of nitrogens with zero attached hydrogens (tertiary/aromatic N) is 1. The minimum absolute atomic E-state index is 0.495. The Bertz CT molecular complexity index is 384. The van der Waals surface area contributed by atoms with Crippen LogP contribution in [-0.4, -0.2) is 16.0 Å². The van der Waals surface area contributed by atoms with Gasteiger partial charge in [-0.15, -0.1) is 0 Å². The molecule has 0 fully saturated rings. The van der Waals surface area contributed by atoms with Crippen LogP contribution in [0.3, 0.4) is 0 Å². The predicted octanol–water partition coefficient (Wildman–Crippen LogP) is 1.48. The molecular formula is C7H5ClF2N2O2. The van der Waals surface area contributed by atoms with Crippen LogP contribution in [0.4, 0.5) is 8.78 Å². The fraction of sp³-hybridized carbons (Fsp3) is 0.143. The third-order valence-electron chi connectivity index (χ3n) is 1.53. The lowest BCUT2D eigenvalue weighted by molar-refractivity contribution is 0.0983. The third kappa shape index (κ3) is 1.74. The van der Waals surface area contributed by atoms with Crippen LogP contribution in [0.2, 0.25) is 5.15 Å². The number of pyridine rings is 1. The summed E-state index contributed by atoms with van der Waals surface area (Å²) in [4.78, 5) is 14.0. The van der Waals surface area contributed by atoms with Crippen LogP contribution in [0.25, 0.3) is 0 Å². The van der Waals surface area contributed by atoms with Crippen LogP contribution in [0.15, 0.2) is 6.20 Å². The molecule has 0 radical (unpaired) electrons. The van der Waals surface area contributed by atoms with Gasteiger partial charge < -0.3 is 10.8 Å². The highest BCUT2D eigenvalue weighted by molar-refractivity contribution is 6.31. The maximum Gasteiger partial charge on any atom is 0.268 e. The van der Waals surface area contributed by atoms with E-state index in [9.17, 15) is 13.6 Å². The van der Waals surface area contributed by atoms with Gasteiger partial charge in [0.05, 0.1) is 11.1 Å². The Morgan fingerprint density at radius 1 is 1.64 bits per heavy atom. The molecule has 76 valence electrons. The van der Waals surface area contributed by atoms with Gasteiger partial charge in [-0.3, -0.25) is 4.79 Å². The first-order valence-corrected chi connectivity index (χ1v) is 3.78. The number of carbonyl (C=O) groups excluding carboxylic acids is 1. The molecule has 0 bridgehead atoms. The van der Waals surface area contributed by atoms with Gasteiger partial charge in [-0.1, -0.05) is 11.6 Å². The maximum atomic E-state index is 12.4. The zero-order valence-corrected chi connectivity index (χ0v) is 7.42. The Morgan fingerprint density at radius 2 is 2.21 bits per heavy atom. The summed E-state index contributed by atoms with van der Waals surface area (Å²) in [7, 11) is 0. The van der Waals surface area contributed by atoms with Gasteiger partial charge in [-0.25, -0.2) is 13.8 Å². The second-order valence-corrected chi connectivity index (χ2v) is 2.75. The van der Waals surface area contributed by atoms with E-state index < -0.39 is 34.4 Å². The van der Waals surface area contributed by atoms with E-state index in [1.54, 1.807) is 0 Å². The van der Waals surface area contributed by atoms with Crippen LogP contribution >= 0.6 is 11.6 Å². The van der Waals surface area contributed by atoms with E-state index in [1.807, 2.05) is 0 Å². The number of aromatic nitrogens is 1. The summed E-state index contributed by atoms with van der Waals surface area (Å²) in [6, 6.07) is 0. The van der Waals surface area contributed by atoms with E-state index in [4.69, 9.17) is 22.4 Å². The minimum atomic E-state index is -3.04. The zero-order chi connectivity index (χ0) is 10.9. The number of halogens is 3. The molecule has 0 aliphatic heterocycles. The summed E-state index contributed by atoms with van der Waals surface area (Å²) in [6.07, 6.45) is -2.25. The van der Waals surface area contributed by atoms with Gasteiger partial charge in [0.2, 0.25) is 0 Å². The SMILES string of the molecule is NC(=O)c1cnc(Cl)c(O)c1C(F)F. The first-order valence-electron chi connectivity index (χ1n) is 3.40. The monoisotopic (exact) mass is 222 g/mol. The molecule has 1 amide bonds. The van der Waals surface area contributed by atoms with Crippen LogP contribution in [0.5, 0.6) is 5.75 Å². The van der Waals surface area contributed by atoms with E-state index in [2.05, 4.69) is 4.98 Å². The standard InChI is InChI=1S/C7H5ClF2N2O2/c8-5-4(13)3(6(9)10)2(1-12-5)7(11)14/h1,6,13H,(H2,11,14). The second-order valence-electron chi connectivity index (χ2n) is 2.39. The second kappa shape index (κ2) is 3.75. The van der Waals surface area contributed by atoms with Gasteiger partial charge in [0.15, 0.2) is 10.9 Å². The largest absolute Gasteiger partial charge is 0.504 e. The highest BCUT2D eigenvalue weighted by atomic mass is 35.5. The van der Waals surface area contributed by atoms with E-state index in [0.29, 0.717) is 0 Å². The molecular weight excluding hydrogens is 218 g/mol. The third-order valence-corrected chi connectivity index (χ3v) is 1.81. The molecule has 0 aromatic carbocycles. The number of carbonyl (C=O) groups is 1. The molecule has 1 heterocycles. The van der Waals surface area contributed by atoms with Gasteiger partial charge >= 0.3 is 0 Å². The van der Waals surface area contributed by atoms with Crippen molar-refractivity contribution < 1.29 is 18.7 Å². The van der Waals surface area contributed by atoms with Gasteiger partial charge in [-0.05, 0) is 0 Å². The average Bonchev–Trinajstić information content (AvgIpc) is 2.08. The number of hydrogen-bond acceptors (Lipinski definition) is 3. The van der Waals surface area contributed by atoms with Gasteiger partial charge in [0.1, 0.15) is 0 Å². The normalized spacial score (nSPS) is 10.6. The summed E-state index contributed by atoms with van der Waals surface area (Å²) in [5.74, 6) is -2.02. The molecule has 1 aromatic heterocycles. The molecule has 0 saturated heterocycles. The van der Waals surface area contributed by atoms with Crippen molar-refractivity contribution in [2.75, 3.05) is 0 Å². The summed E-state index contributed by atoms with van der Waals surface area (Å²) in [5.41, 5.74) is 3.37. The predicted molar refractivity (Wildman–Crippen MR) is 44.4 cm³/mol. The highest BCUT2D eigenvalue weighted by Crippen LogP contribution is 2.34. The van der Waals surface area contributed by atoms with Crippen LogP contribution < -0.4 is 5.73 Å². The molecule has 0 aliphatic rings. The highest BCUT2D eigenvalue weighted by Gasteiger charge is 2.23. The molecule has 0 spiro atoms. The van der Waals surface area contributed by atoms with Crippen LogP contribution in [0.1, 0.15) is 22.3 Å². The Hall–Kier alpha value is -1.43. The van der Waals surface area contributed by atoms with Crippen molar-refractivity contribution >= 4 is 17.5 Å². The zero-order valence-electron chi connectivity index (χ0n) is 6.67. The van der Waals surface area contributed by atoms with Gasteiger partial charge in [0.25, 0.3) is 12.3 Å². The number of aromatic hydroxyl groups is 1. The molecule has 0 atom stereocenters. The Kier molecular flexibility index (Phi) is 2.85. The number of hydrogen-bond donors (Lipinski definition) is 2. The quantitative estimate of drug-likeness (QED) is 0.744. The van der Waals surface area contributed by atoms with E-state index in [-0.39, 0.29) is 0 Å². The van der Waals surface area contributed by atoms with Crippen molar-refractivity contribution in [3.8, 4) is 5.75 Å². The smallest absolute Gasteiger partial charge is 0.268 e. The molecule has 0 unspecified atom stereocenters. The van der Waals surface area contributed by atoms with Crippen molar-refractivity contribution in [1.82, 2.24) is 4.98 Å². The number of nitrogens with two attached hydrogens (primary N) is 1. The molecule has 3 N–H and O–H groups in total. The van der Waals surface area contributed by atoms with Crippen molar-refractivity contribution in [3.63, 3.8) is 0 Å². The van der Waals surface area contributed by atoms with Crippen LogP contribution in [0, 0.1) is 0 Å². The minimum Gasteiger partial charge on any atom is -0.504 e. The number of amides is 1. The van der Waals surface area contributed by atoms with E-state index in [0.717, 1.165) is 6.20 Å². The molecule has 0 saturated carbocycles. The van der Waals surface area contributed by atoms with Crippen molar-refractivity contribution in [3.05, 3.63) is 22.5 Å². The van der Waals surface area contributed by atoms with Gasteiger partial charge in [-0.2, -0.15) is 0 Å². The number of rotatable bonds is 2. The lowest BCUT2D eigenvalue weighted by Crippen LogP contribution is -2.14. The summed E-state index contributed by atoms with van der Waals surface area (Å²) in [5, 5.41) is 8.62. The first-order chi connectivity index (χ1) is 6.45. The number of primary amides is 1. The maximum absolute atomic E-state index is 12.4. The topological polar surface area (TPSA) is 76.2 Å². The Morgan fingerprint density at radius 3 is 2.64 bits per heavy atom. The molecule has 1 rings (SSSR count). The fourth-order valence-corrected chi connectivity index (χ4v) is 1.06. The molecule has 0 aliphatic carbocycles. The summed E-state index contributed by atoms with van der Waals surface area (Å²) < 4.78 is 24.7. The summed E-state index contributed by atoms with van der Waals surface area (Å²) >= 11 is 5.29. The van der Waals surface area contributed by atoms with Crippen molar-refractivity contribution in [2.45, 2.75) is 6.43 Å². The Balaban J connectivity index is 3.45. The lowest BCUT2D eigenvalue weighted by atomic mass is 10.1. The van der Waals surface area contributed by atoms with Crippen molar-refractivity contribution in [1.29, 1.82) is 0 Å². The van der Waals surface area contributed by atoms with Gasteiger partial charge in [0, 0.05) is 6.20 Å². The summed E-state index contributed by atoms with van der Waals surface area (Å²) in [6.45, 7) is 0. The van der Waals surface area contributed by atoms with Crippen molar-refractivity contribution in [2.24, 2.45) is 5.73 Å². The lowest BCUT2D eigenvalue weighted by Gasteiger charge is -2.07.